The highest BCUT2D eigenvalue weighted by Gasteiger charge is 2.12. The smallest absolute Gasteiger partial charge is 0.266 e. The van der Waals surface area contributed by atoms with Crippen molar-refractivity contribution in [2.24, 2.45) is 0 Å². The molecule has 0 aliphatic rings. The van der Waals surface area contributed by atoms with Gasteiger partial charge in [-0.3, -0.25) is 14.6 Å². The lowest BCUT2D eigenvalue weighted by Crippen LogP contribution is -2.07. The summed E-state index contributed by atoms with van der Waals surface area (Å²) in [6, 6.07) is 6.85. The third-order valence-electron chi connectivity index (χ3n) is 3.81. The van der Waals surface area contributed by atoms with E-state index in [1.165, 1.54) is 24.7 Å². The van der Waals surface area contributed by atoms with E-state index in [0.29, 0.717) is 33.9 Å². The Kier molecular flexibility index (Phi) is 4.38. The molecular formula is C19H14N6O3. The quantitative estimate of drug-likeness (QED) is 0.461. The summed E-state index contributed by atoms with van der Waals surface area (Å²) < 4.78 is 5.77. The first-order valence-corrected chi connectivity index (χ1v) is 8.22. The summed E-state index contributed by atoms with van der Waals surface area (Å²) in [6.07, 6.45) is 7.07. The summed E-state index contributed by atoms with van der Waals surface area (Å²) in [4.78, 5) is 41.3. The maximum absolute atomic E-state index is 11.5. The number of H-pyrrole nitrogens is 2. The van der Waals surface area contributed by atoms with E-state index in [4.69, 9.17) is 4.74 Å². The van der Waals surface area contributed by atoms with Gasteiger partial charge in [-0.2, -0.15) is 0 Å². The van der Waals surface area contributed by atoms with E-state index in [0.717, 1.165) is 0 Å². The van der Waals surface area contributed by atoms with Gasteiger partial charge in [0.15, 0.2) is 5.65 Å². The number of fused-ring (bicyclic) bond motifs is 1. The summed E-state index contributed by atoms with van der Waals surface area (Å²) in [6.45, 7) is 3.42. The highest BCUT2D eigenvalue weighted by Crippen LogP contribution is 2.27. The third kappa shape index (κ3) is 3.49. The van der Waals surface area contributed by atoms with E-state index in [-0.39, 0.29) is 17.3 Å². The first-order chi connectivity index (χ1) is 13.6. The van der Waals surface area contributed by atoms with Crippen LogP contribution in [-0.4, -0.2) is 30.8 Å². The lowest BCUT2D eigenvalue weighted by molar-refractivity contribution is -0.111. The number of aromatic nitrogens is 5. The van der Waals surface area contributed by atoms with Gasteiger partial charge in [0, 0.05) is 23.5 Å². The molecule has 0 saturated heterocycles. The second-order valence-electron chi connectivity index (χ2n) is 5.74. The zero-order valence-corrected chi connectivity index (χ0v) is 14.5. The van der Waals surface area contributed by atoms with Crippen LogP contribution in [0, 0.1) is 0 Å². The Labute approximate surface area is 158 Å². The Morgan fingerprint density at radius 3 is 2.96 bits per heavy atom. The van der Waals surface area contributed by atoms with Gasteiger partial charge in [-0.05, 0) is 18.2 Å². The Bertz CT molecular complexity index is 1240. The van der Waals surface area contributed by atoms with Gasteiger partial charge in [0.1, 0.15) is 11.3 Å². The summed E-state index contributed by atoms with van der Waals surface area (Å²) in [5.74, 6) is 0.412. The van der Waals surface area contributed by atoms with E-state index in [1.54, 1.807) is 30.5 Å². The summed E-state index contributed by atoms with van der Waals surface area (Å²) in [7, 11) is 0. The lowest BCUT2D eigenvalue weighted by atomic mass is 10.2. The van der Waals surface area contributed by atoms with Crippen LogP contribution in [0.2, 0.25) is 0 Å². The number of anilines is 1. The lowest BCUT2D eigenvalue weighted by Gasteiger charge is -2.07. The van der Waals surface area contributed by atoms with E-state index in [1.807, 2.05) is 0 Å². The van der Waals surface area contributed by atoms with Gasteiger partial charge in [0.05, 0.1) is 24.3 Å². The van der Waals surface area contributed by atoms with Crippen molar-refractivity contribution in [1.82, 2.24) is 24.9 Å². The molecule has 138 valence electrons. The molecule has 0 aliphatic heterocycles. The zero-order chi connectivity index (χ0) is 19.5. The number of benzene rings is 1. The number of carbonyl (C=O) groups excluding carboxylic acids is 1. The molecule has 4 rings (SSSR count). The maximum Gasteiger partial charge on any atom is 0.266 e. The Hall–Kier alpha value is -4.27. The van der Waals surface area contributed by atoms with E-state index in [9.17, 15) is 9.59 Å². The molecule has 9 heteroatoms. The van der Waals surface area contributed by atoms with Crippen LogP contribution in [0.3, 0.4) is 0 Å². The molecule has 0 saturated carbocycles. The van der Waals surface area contributed by atoms with Crippen LogP contribution in [0.25, 0.3) is 22.4 Å². The van der Waals surface area contributed by atoms with Gasteiger partial charge in [-0.15, -0.1) is 0 Å². The van der Waals surface area contributed by atoms with E-state index < -0.39 is 0 Å². The van der Waals surface area contributed by atoms with Crippen LogP contribution in [0.5, 0.6) is 11.6 Å². The predicted molar refractivity (Wildman–Crippen MR) is 103 cm³/mol. The van der Waals surface area contributed by atoms with Gasteiger partial charge in [0.25, 0.3) is 5.56 Å². The predicted octanol–water partition coefficient (Wildman–Crippen LogP) is 2.62. The molecule has 0 bridgehead atoms. The molecule has 9 nitrogen and oxygen atoms in total. The fraction of sp³-hybridized carbons (Fsp3) is 0. The van der Waals surface area contributed by atoms with Crippen molar-refractivity contribution < 1.29 is 9.53 Å². The minimum absolute atomic E-state index is 0.256. The molecule has 1 aromatic carbocycles. The number of aromatic amines is 2. The van der Waals surface area contributed by atoms with Crippen molar-refractivity contribution in [3.05, 3.63) is 72.1 Å². The highest BCUT2D eigenvalue weighted by molar-refractivity contribution is 5.99. The largest absolute Gasteiger partial charge is 0.437 e. The maximum atomic E-state index is 11.5. The monoisotopic (exact) mass is 374 g/mol. The van der Waals surface area contributed by atoms with Crippen LogP contribution in [0.15, 0.2) is 66.5 Å². The van der Waals surface area contributed by atoms with Crippen LogP contribution in [0.1, 0.15) is 0 Å². The van der Waals surface area contributed by atoms with E-state index in [2.05, 4.69) is 36.8 Å². The molecule has 1 amide bonds. The standard InChI is InChI=1S/C19H14N6O3/c1-2-15(26)23-11-4-3-5-12(6-11)28-17-10-22-19-18(25-17)13(7-21-19)14-8-20-9-16(27)24-14/h2-10H,1H2,(H,21,22)(H,23,26)(H,24,27). The SMILES string of the molecule is C=CC(=O)Nc1cccc(Oc2cnc3[nH]cc(-c4cncc(=O)[nH]4)c3n2)c1. The fourth-order valence-electron chi connectivity index (χ4n) is 2.59. The third-order valence-corrected chi connectivity index (χ3v) is 3.81. The molecule has 3 N–H and O–H groups in total. The van der Waals surface area contributed by atoms with Crippen LogP contribution < -0.4 is 15.6 Å². The molecule has 0 radical (unpaired) electrons. The number of rotatable bonds is 5. The highest BCUT2D eigenvalue weighted by atomic mass is 16.5. The van der Waals surface area contributed by atoms with Crippen molar-refractivity contribution in [2.75, 3.05) is 5.32 Å². The summed E-state index contributed by atoms with van der Waals surface area (Å²) in [5, 5.41) is 2.66. The zero-order valence-electron chi connectivity index (χ0n) is 14.5. The summed E-state index contributed by atoms with van der Waals surface area (Å²) in [5.41, 5.74) is 2.47. The number of hydrogen-bond acceptors (Lipinski definition) is 6. The second kappa shape index (κ2) is 7.16. The van der Waals surface area contributed by atoms with Gasteiger partial charge in [-0.1, -0.05) is 12.6 Å². The molecule has 4 aromatic rings. The van der Waals surface area contributed by atoms with Crippen LogP contribution >= 0.6 is 0 Å². The molecule has 3 heterocycles. The second-order valence-corrected chi connectivity index (χ2v) is 5.74. The Morgan fingerprint density at radius 2 is 2.14 bits per heavy atom. The van der Waals surface area contributed by atoms with Gasteiger partial charge in [-0.25, -0.2) is 9.97 Å². The molecule has 0 atom stereocenters. The number of amides is 1. The van der Waals surface area contributed by atoms with Crippen molar-refractivity contribution >= 4 is 22.8 Å². The number of hydrogen-bond donors (Lipinski definition) is 3. The van der Waals surface area contributed by atoms with Crippen LogP contribution in [0.4, 0.5) is 5.69 Å². The molecule has 28 heavy (non-hydrogen) atoms. The number of nitrogens with zero attached hydrogens (tertiary/aromatic N) is 3. The first-order valence-electron chi connectivity index (χ1n) is 8.22. The molecule has 3 aromatic heterocycles. The minimum Gasteiger partial charge on any atom is -0.437 e. The van der Waals surface area contributed by atoms with E-state index >= 15 is 0 Å². The Morgan fingerprint density at radius 1 is 1.25 bits per heavy atom. The average Bonchev–Trinajstić information content (AvgIpc) is 3.11. The molecule has 0 spiro atoms. The van der Waals surface area contributed by atoms with Gasteiger partial charge in [0.2, 0.25) is 11.8 Å². The van der Waals surface area contributed by atoms with Crippen molar-refractivity contribution in [3.63, 3.8) is 0 Å². The molecular weight excluding hydrogens is 360 g/mol. The Balaban J connectivity index is 1.66. The summed E-state index contributed by atoms with van der Waals surface area (Å²) >= 11 is 0. The molecule has 0 aliphatic carbocycles. The number of carbonyl (C=O) groups is 1. The van der Waals surface area contributed by atoms with Crippen LogP contribution in [-0.2, 0) is 4.79 Å². The average molecular weight is 374 g/mol. The van der Waals surface area contributed by atoms with Crippen molar-refractivity contribution in [2.45, 2.75) is 0 Å². The first kappa shape index (κ1) is 17.2. The fourth-order valence-corrected chi connectivity index (χ4v) is 2.59. The van der Waals surface area contributed by atoms with Crippen molar-refractivity contribution in [3.8, 4) is 22.9 Å². The number of nitrogens with one attached hydrogen (secondary N) is 3. The molecule has 0 fully saturated rings. The minimum atomic E-state index is -0.319. The normalized spacial score (nSPS) is 10.6. The topological polar surface area (TPSA) is 126 Å². The van der Waals surface area contributed by atoms with Crippen molar-refractivity contribution in [1.29, 1.82) is 0 Å². The number of ether oxygens (including phenoxy) is 1. The molecule has 0 unspecified atom stereocenters. The van der Waals surface area contributed by atoms with Gasteiger partial charge < -0.3 is 20.0 Å². The van der Waals surface area contributed by atoms with Gasteiger partial charge >= 0.3 is 0 Å².